The highest BCUT2D eigenvalue weighted by molar-refractivity contribution is 6.31. The second kappa shape index (κ2) is 6.53. The number of aliphatic hydroxyl groups is 2. The van der Waals surface area contributed by atoms with Gasteiger partial charge in [-0.1, -0.05) is 11.6 Å². The van der Waals surface area contributed by atoms with Crippen molar-refractivity contribution >= 4 is 23.2 Å². The Kier molecular flexibility index (Phi) is 5.33. The number of carbonyl (C=O) groups is 1. The second-order valence-corrected chi connectivity index (χ2v) is 4.29. The van der Waals surface area contributed by atoms with Crippen LogP contribution in [0.3, 0.4) is 0 Å². The molecule has 0 saturated heterocycles. The minimum absolute atomic E-state index is 0.152. The van der Waals surface area contributed by atoms with E-state index in [1.165, 1.54) is 19.2 Å². The molecule has 1 aromatic heterocycles. The van der Waals surface area contributed by atoms with Crippen LogP contribution in [0.5, 0.6) is 0 Å². The Morgan fingerprint density at radius 2 is 2.28 bits per heavy atom. The van der Waals surface area contributed by atoms with E-state index in [1.807, 2.05) is 0 Å². The van der Waals surface area contributed by atoms with Gasteiger partial charge >= 0.3 is 0 Å². The van der Waals surface area contributed by atoms with Gasteiger partial charge in [0.25, 0.3) is 0 Å². The van der Waals surface area contributed by atoms with Crippen LogP contribution in [0.25, 0.3) is 0 Å². The topological polar surface area (TPSA) is 108 Å². The Labute approximate surface area is 110 Å². The molecule has 1 heterocycles. The van der Waals surface area contributed by atoms with E-state index in [0.29, 0.717) is 5.56 Å². The fourth-order valence-electron chi connectivity index (χ4n) is 1.42. The molecule has 6 nitrogen and oxygen atoms in total. The molecule has 2 unspecified atom stereocenters. The molecule has 18 heavy (non-hydrogen) atoms. The zero-order chi connectivity index (χ0) is 13.7. The number of nitrogen functional groups attached to an aromatic ring is 1. The highest BCUT2D eigenvalue weighted by Gasteiger charge is 2.19. The number of nitrogens with one attached hydrogen (secondary N) is 1. The monoisotopic (exact) mass is 273 g/mol. The SMILES string of the molecule is CC(=O)NCCC(O)C(O)c1cnc(Cl)c(N)c1. The summed E-state index contributed by atoms with van der Waals surface area (Å²) in [4.78, 5) is 14.4. The van der Waals surface area contributed by atoms with Gasteiger partial charge in [-0.25, -0.2) is 4.98 Å². The zero-order valence-electron chi connectivity index (χ0n) is 9.93. The lowest BCUT2D eigenvalue weighted by Crippen LogP contribution is -2.27. The molecular weight excluding hydrogens is 258 g/mol. The third kappa shape index (κ3) is 4.14. The first-order valence-corrected chi connectivity index (χ1v) is 5.81. The summed E-state index contributed by atoms with van der Waals surface area (Å²) >= 11 is 5.66. The summed E-state index contributed by atoms with van der Waals surface area (Å²) in [6.07, 6.45) is -0.557. The van der Waals surface area contributed by atoms with Crippen LogP contribution in [0.4, 0.5) is 5.69 Å². The van der Waals surface area contributed by atoms with E-state index >= 15 is 0 Å². The number of aliphatic hydroxyl groups excluding tert-OH is 2. The molecule has 2 atom stereocenters. The summed E-state index contributed by atoms with van der Waals surface area (Å²) < 4.78 is 0. The normalized spacial score (nSPS) is 14.0. The van der Waals surface area contributed by atoms with E-state index in [2.05, 4.69) is 10.3 Å². The summed E-state index contributed by atoms with van der Waals surface area (Å²) in [7, 11) is 0. The maximum atomic E-state index is 10.7. The van der Waals surface area contributed by atoms with Crippen molar-refractivity contribution in [1.29, 1.82) is 0 Å². The molecule has 1 aromatic rings. The van der Waals surface area contributed by atoms with Gasteiger partial charge < -0.3 is 21.3 Å². The van der Waals surface area contributed by atoms with Crippen LogP contribution >= 0.6 is 11.6 Å². The van der Waals surface area contributed by atoms with Gasteiger partial charge in [-0.2, -0.15) is 0 Å². The minimum atomic E-state index is -1.12. The summed E-state index contributed by atoms with van der Waals surface area (Å²) in [6, 6.07) is 1.46. The van der Waals surface area contributed by atoms with Gasteiger partial charge in [0.1, 0.15) is 6.10 Å². The molecule has 1 amide bonds. The standard InChI is InChI=1S/C11H16ClN3O3/c1-6(16)14-3-2-9(17)10(18)7-4-8(13)11(12)15-5-7/h4-5,9-10,17-18H,2-3,13H2,1H3,(H,14,16). The highest BCUT2D eigenvalue weighted by Crippen LogP contribution is 2.23. The van der Waals surface area contributed by atoms with Crippen molar-refractivity contribution in [3.05, 3.63) is 23.0 Å². The molecule has 5 N–H and O–H groups in total. The molecule has 0 aliphatic rings. The maximum Gasteiger partial charge on any atom is 0.216 e. The Morgan fingerprint density at radius 1 is 1.61 bits per heavy atom. The van der Waals surface area contributed by atoms with E-state index in [9.17, 15) is 15.0 Å². The number of pyridine rings is 1. The molecule has 0 saturated carbocycles. The van der Waals surface area contributed by atoms with E-state index < -0.39 is 12.2 Å². The maximum absolute atomic E-state index is 10.7. The molecule has 0 radical (unpaired) electrons. The van der Waals surface area contributed by atoms with Gasteiger partial charge in [0.15, 0.2) is 5.15 Å². The van der Waals surface area contributed by atoms with E-state index in [-0.39, 0.29) is 29.7 Å². The van der Waals surface area contributed by atoms with Crippen LogP contribution in [0.1, 0.15) is 25.0 Å². The predicted molar refractivity (Wildman–Crippen MR) is 67.9 cm³/mol. The van der Waals surface area contributed by atoms with E-state index in [1.54, 1.807) is 0 Å². The van der Waals surface area contributed by atoms with Gasteiger partial charge in [-0.15, -0.1) is 0 Å². The summed E-state index contributed by atoms with van der Waals surface area (Å²) in [5.41, 5.74) is 6.17. The Bertz CT molecular complexity index is 428. The van der Waals surface area contributed by atoms with Gasteiger partial charge in [-0.05, 0) is 12.5 Å². The van der Waals surface area contributed by atoms with Crippen molar-refractivity contribution in [3.63, 3.8) is 0 Å². The number of amides is 1. The largest absolute Gasteiger partial charge is 0.396 e. The predicted octanol–water partition coefficient (Wildman–Crippen LogP) is 0.238. The first-order valence-electron chi connectivity index (χ1n) is 5.43. The number of carbonyl (C=O) groups excluding carboxylic acids is 1. The number of hydrogen-bond acceptors (Lipinski definition) is 5. The number of halogens is 1. The number of nitrogens with two attached hydrogens (primary N) is 1. The lowest BCUT2D eigenvalue weighted by molar-refractivity contribution is -0.119. The van der Waals surface area contributed by atoms with Crippen molar-refractivity contribution in [2.45, 2.75) is 25.6 Å². The minimum Gasteiger partial charge on any atom is -0.396 e. The average Bonchev–Trinajstić information content (AvgIpc) is 2.31. The smallest absolute Gasteiger partial charge is 0.216 e. The fraction of sp³-hybridized carbons (Fsp3) is 0.455. The van der Waals surface area contributed by atoms with E-state index in [4.69, 9.17) is 17.3 Å². The second-order valence-electron chi connectivity index (χ2n) is 3.93. The molecule has 0 aromatic carbocycles. The van der Waals surface area contributed by atoms with Gasteiger partial charge in [0.2, 0.25) is 5.91 Å². The van der Waals surface area contributed by atoms with Crippen molar-refractivity contribution in [1.82, 2.24) is 10.3 Å². The van der Waals surface area contributed by atoms with Gasteiger partial charge in [0, 0.05) is 25.2 Å². The lowest BCUT2D eigenvalue weighted by Gasteiger charge is -2.18. The zero-order valence-corrected chi connectivity index (χ0v) is 10.7. The van der Waals surface area contributed by atoms with Crippen molar-refractivity contribution in [2.24, 2.45) is 0 Å². The number of nitrogens with zero attached hydrogens (tertiary/aromatic N) is 1. The molecule has 0 fully saturated rings. The van der Waals surface area contributed by atoms with Crippen LogP contribution in [-0.4, -0.2) is 33.8 Å². The summed E-state index contributed by atoms with van der Waals surface area (Å²) in [6.45, 7) is 1.66. The third-order valence-corrected chi connectivity index (χ3v) is 2.72. The molecule has 1 rings (SSSR count). The van der Waals surface area contributed by atoms with Gasteiger partial charge in [-0.3, -0.25) is 4.79 Å². The molecule has 100 valence electrons. The third-order valence-electron chi connectivity index (χ3n) is 2.41. The average molecular weight is 274 g/mol. The number of rotatable bonds is 5. The van der Waals surface area contributed by atoms with Gasteiger partial charge in [0.05, 0.1) is 11.8 Å². The summed E-state index contributed by atoms with van der Waals surface area (Å²) in [5, 5.41) is 22.3. The number of hydrogen-bond donors (Lipinski definition) is 4. The van der Waals surface area contributed by atoms with Crippen molar-refractivity contribution in [3.8, 4) is 0 Å². The molecule has 0 aliphatic heterocycles. The lowest BCUT2D eigenvalue weighted by atomic mass is 10.0. The fourth-order valence-corrected chi connectivity index (χ4v) is 1.52. The molecular formula is C11H16ClN3O3. The Balaban J connectivity index is 2.59. The van der Waals surface area contributed by atoms with Crippen LogP contribution in [0.2, 0.25) is 5.15 Å². The Hall–Kier alpha value is -1.37. The van der Waals surface area contributed by atoms with Crippen LogP contribution in [0.15, 0.2) is 12.3 Å². The number of anilines is 1. The van der Waals surface area contributed by atoms with Crippen LogP contribution in [0, 0.1) is 0 Å². The number of aromatic nitrogens is 1. The molecule has 0 spiro atoms. The van der Waals surface area contributed by atoms with Crippen LogP contribution in [-0.2, 0) is 4.79 Å². The first-order chi connectivity index (χ1) is 8.41. The highest BCUT2D eigenvalue weighted by atomic mass is 35.5. The van der Waals surface area contributed by atoms with Crippen LogP contribution < -0.4 is 11.1 Å². The van der Waals surface area contributed by atoms with Crippen molar-refractivity contribution < 1.29 is 15.0 Å². The quantitative estimate of drug-likeness (QED) is 0.575. The molecule has 0 aliphatic carbocycles. The Morgan fingerprint density at radius 3 is 2.83 bits per heavy atom. The molecule has 7 heteroatoms. The van der Waals surface area contributed by atoms with E-state index in [0.717, 1.165) is 0 Å². The first kappa shape index (κ1) is 14.7. The molecule has 0 bridgehead atoms. The summed E-state index contributed by atoms with van der Waals surface area (Å²) in [5.74, 6) is -0.186. The van der Waals surface area contributed by atoms with Crippen molar-refractivity contribution in [2.75, 3.05) is 12.3 Å².